The number of likely N-dealkylation sites (tertiary alicyclic amines) is 1. The monoisotopic (exact) mass is 531 g/mol. The van der Waals surface area contributed by atoms with Gasteiger partial charge in [-0.05, 0) is 42.2 Å². The second-order valence-electron chi connectivity index (χ2n) is 10.9. The van der Waals surface area contributed by atoms with Gasteiger partial charge in [0.2, 0.25) is 11.8 Å². The van der Waals surface area contributed by atoms with Crippen molar-refractivity contribution in [1.29, 1.82) is 0 Å². The molecule has 3 aliphatic heterocycles. The molecule has 2 aromatic carbocycles. The second kappa shape index (κ2) is 10.2. The number of hydrogen-bond acceptors (Lipinski definition) is 5. The number of anilines is 1. The van der Waals surface area contributed by atoms with E-state index in [-0.39, 0.29) is 37.4 Å². The molecule has 2 bridgehead atoms. The summed E-state index contributed by atoms with van der Waals surface area (Å²) >= 11 is 0. The summed E-state index contributed by atoms with van der Waals surface area (Å²) in [7, 11) is 1.70. The number of hydrogen-bond donors (Lipinski definition) is 1. The third kappa shape index (κ3) is 4.00. The van der Waals surface area contributed by atoms with Crippen molar-refractivity contribution in [3.63, 3.8) is 0 Å². The van der Waals surface area contributed by atoms with Gasteiger partial charge in [-0.1, -0.05) is 49.4 Å². The number of rotatable bonds is 10. The van der Waals surface area contributed by atoms with Crippen LogP contribution in [0.5, 0.6) is 0 Å². The molecule has 3 saturated heterocycles. The fourth-order valence-electron chi connectivity index (χ4n) is 7.19. The van der Waals surface area contributed by atoms with E-state index >= 15 is 0 Å². The van der Waals surface area contributed by atoms with Crippen LogP contribution in [0.1, 0.15) is 26.2 Å². The van der Waals surface area contributed by atoms with E-state index in [0.29, 0.717) is 31.5 Å². The van der Waals surface area contributed by atoms with Crippen LogP contribution in [-0.4, -0.2) is 83.2 Å². The van der Waals surface area contributed by atoms with Crippen LogP contribution in [-0.2, 0) is 19.1 Å². The molecule has 3 amide bonds. The summed E-state index contributed by atoms with van der Waals surface area (Å²) in [5, 5.41) is 12.0. The Bertz CT molecular complexity index is 1330. The summed E-state index contributed by atoms with van der Waals surface area (Å²) in [6, 6.07) is 12.8. The predicted octanol–water partition coefficient (Wildman–Crippen LogP) is 3.15. The first-order chi connectivity index (χ1) is 18.8. The van der Waals surface area contributed by atoms with Gasteiger partial charge in [-0.25, -0.2) is 0 Å². The first-order valence-electron chi connectivity index (χ1n) is 13.7. The molecule has 8 nitrogen and oxygen atoms in total. The first kappa shape index (κ1) is 27.1. The lowest BCUT2D eigenvalue weighted by molar-refractivity contribution is -0.150. The molecule has 1 spiro atoms. The molecule has 8 heteroatoms. The van der Waals surface area contributed by atoms with Crippen molar-refractivity contribution >= 4 is 34.2 Å². The van der Waals surface area contributed by atoms with E-state index in [4.69, 9.17) is 4.74 Å². The number of nitrogens with zero attached hydrogens (tertiary/aromatic N) is 3. The molecule has 5 atom stereocenters. The number of carbonyl (C=O) groups is 3. The van der Waals surface area contributed by atoms with Crippen molar-refractivity contribution < 1.29 is 24.2 Å². The minimum atomic E-state index is -1.15. The number of benzene rings is 2. The van der Waals surface area contributed by atoms with Gasteiger partial charge in [0, 0.05) is 32.4 Å². The number of aliphatic hydroxyl groups is 1. The van der Waals surface area contributed by atoms with Crippen molar-refractivity contribution in [3.05, 3.63) is 67.8 Å². The largest absolute Gasteiger partial charge is 0.395 e. The topological polar surface area (TPSA) is 90.4 Å². The molecule has 2 unspecified atom stereocenters. The Hall–Kier alpha value is -3.49. The molecule has 3 aliphatic rings. The first-order valence-corrected chi connectivity index (χ1v) is 13.7. The van der Waals surface area contributed by atoms with Crippen LogP contribution < -0.4 is 4.90 Å². The molecule has 0 aromatic heterocycles. The highest BCUT2D eigenvalue weighted by Crippen LogP contribution is 2.64. The average Bonchev–Trinajstić information content (AvgIpc) is 3.55. The van der Waals surface area contributed by atoms with E-state index in [2.05, 4.69) is 13.2 Å². The summed E-state index contributed by atoms with van der Waals surface area (Å²) < 4.78 is 6.81. The molecule has 0 aliphatic carbocycles. The average molecular weight is 532 g/mol. The van der Waals surface area contributed by atoms with E-state index in [1.807, 2.05) is 49.4 Å². The third-order valence-electron chi connectivity index (χ3n) is 8.92. The molecule has 0 radical (unpaired) electrons. The maximum Gasteiger partial charge on any atom is 0.253 e. The Morgan fingerprint density at radius 2 is 1.82 bits per heavy atom. The molecule has 2 aromatic rings. The SMILES string of the molecule is C=CCN(C)C(=O)[C@H]1[C@H]2C(=O)N(CCO)C(C(=O)N(CC=C)c3ccc4ccccc4c3)C23CC[C@]1(CC)O3. The minimum Gasteiger partial charge on any atom is -0.395 e. The molecule has 206 valence electrons. The van der Waals surface area contributed by atoms with Crippen LogP contribution in [0.25, 0.3) is 10.8 Å². The second-order valence-corrected chi connectivity index (χ2v) is 10.9. The van der Waals surface area contributed by atoms with Gasteiger partial charge in [0.15, 0.2) is 0 Å². The van der Waals surface area contributed by atoms with E-state index < -0.39 is 29.1 Å². The van der Waals surface area contributed by atoms with Crippen LogP contribution in [0.3, 0.4) is 0 Å². The smallest absolute Gasteiger partial charge is 0.253 e. The van der Waals surface area contributed by atoms with Crippen LogP contribution >= 0.6 is 0 Å². The quantitative estimate of drug-likeness (QED) is 0.476. The van der Waals surface area contributed by atoms with Gasteiger partial charge < -0.3 is 24.5 Å². The zero-order valence-corrected chi connectivity index (χ0v) is 22.7. The maximum atomic E-state index is 14.5. The number of likely N-dealkylation sites (N-methyl/N-ethyl adjacent to an activating group) is 1. The van der Waals surface area contributed by atoms with Crippen molar-refractivity contribution in [3.8, 4) is 0 Å². The van der Waals surface area contributed by atoms with Gasteiger partial charge in [-0.3, -0.25) is 14.4 Å². The number of fused-ring (bicyclic) bond motifs is 2. The molecule has 39 heavy (non-hydrogen) atoms. The van der Waals surface area contributed by atoms with Crippen molar-refractivity contribution in [2.45, 2.75) is 43.4 Å². The number of amides is 3. The number of carbonyl (C=O) groups excluding carboxylic acids is 3. The lowest BCUT2D eigenvalue weighted by atomic mass is 9.64. The summed E-state index contributed by atoms with van der Waals surface area (Å²) in [6.45, 7) is 9.86. The van der Waals surface area contributed by atoms with E-state index in [0.717, 1.165) is 10.8 Å². The van der Waals surface area contributed by atoms with Gasteiger partial charge >= 0.3 is 0 Å². The highest BCUT2D eigenvalue weighted by molar-refractivity contribution is 6.06. The number of β-amino-alcohol motifs (C(OH)–C–C–N with tert-alkyl or cyclic N) is 1. The maximum absolute atomic E-state index is 14.5. The predicted molar refractivity (Wildman–Crippen MR) is 150 cm³/mol. The molecule has 5 rings (SSSR count). The van der Waals surface area contributed by atoms with E-state index in [9.17, 15) is 19.5 Å². The highest BCUT2D eigenvalue weighted by atomic mass is 16.5. The van der Waals surface area contributed by atoms with Gasteiger partial charge in [-0.15, -0.1) is 13.2 Å². The van der Waals surface area contributed by atoms with Crippen molar-refractivity contribution in [1.82, 2.24) is 9.80 Å². The third-order valence-corrected chi connectivity index (χ3v) is 8.92. The van der Waals surface area contributed by atoms with E-state index in [1.54, 1.807) is 29.0 Å². The normalized spacial score (nSPS) is 28.9. The van der Waals surface area contributed by atoms with Gasteiger partial charge in [-0.2, -0.15) is 0 Å². The Balaban J connectivity index is 1.60. The summed E-state index contributed by atoms with van der Waals surface area (Å²) in [4.78, 5) is 47.0. The van der Waals surface area contributed by atoms with Gasteiger partial charge in [0.25, 0.3) is 5.91 Å². The summed E-state index contributed by atoms with van der Waals surface area (Å²) in [6.07, 6.45) is 4.94. The van der Waals surface area contributed by atoms with Crippen LogP contribution in [0.2, 0.25) is 0 Å². The Morgan fingerprint density at radius 3 is 2.49 bits per heavy atom. The molecule has 3 heterocycles. The van der Waals surface area contributed by atoms with Crippen LogP contribution in [0.15, 0.2) is 67.8 Å². The zero-order valence-electron chi connectivity index (χ0n) is 22.7. The summed E-state index contributed by atoms with van der Waals surface area (Å²) in [5.74, 6) is -2.28. The lowest BCUT2D eigenvalue weighted by Gasteiger charge is -2.36. The van der Waals surface area contributed by atoms with Crippen LogP contribution in [0.4, 0.5) is 5.69 Å². The van der Waals surface area contributed by atoms with Crippen molar-refractivity contribution in [2.24, 2.45) is 11.8 Å². The molecule has 0 saturated carbocycles. The number of aliphatic hydroxyl groups excluding tert-OH is 1. The fraction of sp³-hybridized carbons (Fsp3) is 0.452. The standard InChI is InChI=1S/C31H37N3O5/c1-5-16-32(4)27(36)24-25-28(37)34(18-19-35)26(31(25)15-14-30(24,7-3)39-31)29(38)33(17-6-2)23-13-12-21-10-8-9-11-22(21)20-23/h5-6,8-13,20,24-26,35H,1-2,7,14-19H2,3-4H3/t24-,25+,26?,30+,31?/m1/s1. The van der Waals surface area contributed by atoms with Crippen LogP contribution in [0, 0.1) is 11.8 Å². The zero-order chi connectivity index (χ0) is 27.9. The lowest BCUT2D eigenvalue weighted by Crippen LogP contribution is -2.57. The molecular weight excluding hydrogens is 494 g/mol. The Morgan fingerprint density at radius 1 is 1.10 bits per heavy atom. The van der Waals surface area contributed by atoms with E-state index in [1.165, 1.54) is 4.90 Å². The molecule has 1 N–H and O–H groups in total. The summed E-state index contributed by atoms with van der Waals surface area (Å²) in [5.41, 5.74) is -1.28. The van der Waals surface area contributed by atoms with Gasteiger partial charge in [0.1, 0.15) is 11.6 Å². The number of ether oxygens (including phenoxy) is 1. The molecular formula is C31H37N3O5. The van der Waals surface area contributed by atoms with Gasteiger partial charge in [0.05, 0.1) is 24.0 Å². The fourth-order valence-corrected chi connectivity index (χ4v) is 7.19. The Labute approximate surface area is 229 Å². The molecule has 3 fully saturated rings. The highest BCUT2D eigenvalue weighted by Gasteiger charge is 2.79. The van der Waals surface area contributed by atoms with Crippen molar-refractivity contribution in [2.75, 3.05) is 38.2 Å². The Kier molecular flexibility index (Phi) is 7.11. The minimum absolute atomic E-state index is 0.0148.